The average Bonchev–Trinajstić information content (AvgIpc) is 2.23. The fourth-order valence-electron chi connectivity index (χ4n) is 0.861. The molecule has 0 aliphatic heterocycles. The van der Waals surface area contributed by atoms with E-state index in [0.717, 1.165) is 0 Å². The van der Waals surface area contributed by atoms with Gasteiger partial charge in [-0.3, -0.25) is 14.8 Å². The summed E-state index contributed by atoms with van der Waals surface area (Å²) in [6, 6.07) is 0. The number of ether oxygens (including phenoxy) is 1. The number of methoxy groups -OCH3 is 1. The van der Waals surface area contributed by atoms with E-state index in [9.17, 15) is 4.79 Å². The van der Waals surface area contributed by atoms with Crippen LogP contribution in [0.3, 0.4) is 0 Å². The number of esters is 1. The van der Waals surface area contributed by atoms with Crippen molar-refractivity contribution >= 4 is 18.0 Å². The molecule has 0 spiro atoms. The topological polar surface area (TPSA) is 89.1 Å². The number of aliphatic imine (C=N–C) groups is 2. The summed E-state index contributed by atoms with van der Waals surface area (Å²) in [5.74, 6) is 5.31. The third-order valence-electron chi connectivity index (χ3n) is 1.83. The van der Waals surface area contributed by atoms with E-state index in [1.165, 1.54) is 13.3 Å². The number of amidine groups is 1. The van der Waals surface area contributed by atoms with Crippen molar-refractivity contribution in [3.63, 3.8) is 0 Å². The fourth-order valence-corrected chi connectivity index (χ4v) is 0.861. The van der Waals surface area contributed by atoms with E-state index in [2.05, 4.69) is 20.1 Å². The number of hydrogen-bond acceptors (Lipinski definition) is 5. The van der Waals surface area contributed by atoms with Crippen LogP contribution in [0.15, 0.2) is 9.98 Å². The lowest BCUT2D eigenvalue weighted by Crippen LogP contribution is -2.32. The van der Waals surface area contributed by atoms with Crippen LogP contribution in [-0.4, -0.2) is 38.7 Å². The number of carbonyl (C=O) groups excluding carboxylic acids is 1. The Bertz CT molecular complexity index is 271. The van der Waals surface area contributed by atoms with Crippen molar-refractivity contribution in [2.45, 2.75) is 13.8 Å². The first-order valence-electron chi connectivity index (χ1n) is 4.49. The van der Waals surface area contributed by atoms with Gasteiger partial charge in [0.2, 0.25) is 0 Å². The fraction of sp³-hybridized carbons (Fsp3) is 0.667. The molecule has 86 valence electrons. The Morgan fingerprint density at radius 3 is 2.60 bits per heavy atom. The number of carbonyl (C=O) groups is 1. The minimum atomic E-state index is -0.640. The van der Waals surface area contributed by atoms with E-state index in [4.69, 9.17) is 5.84 Å². The molecular formula is C9H18N4O2. The van der Waals surface area contributed by atoms with Gasteiger partial charge >= 0.3 is 5.97 Å². The quantitative estimate of drug-likeness (QED) is 0.222. The number of hydrazine groups is 1. The van der Waals surface area contributed by atoms with Gasteiger partial charge in [-0.1, -0.05) is 0 Å². The van der Waals surface area contributed by atoms with Crippen LogP contribution in [0.25, 0.3) is 0 Å². The minimum Gasteiger partial charge on any atom is -0.469 e. The van der Waals surface area contributed by atoms with Crippen molar-refractivity contribution in [1.29, 1.82) is 0 Å². The van der Waals surface area contributed by atoms with Gasteiger partial charge in [0, 0.05) is 7.05 Å². The second-order valence-electron chi connectivity index (χ2n) is 3.60. The summed E-state index contributed by atoms with van der Waals surface area (Å²) in [6.07, 6.45) is 1.48. The molecule has 0 aromatic carbocycles. The van der Waals surface area contributed by atoms with E-state index >= 15 is 0 Å². The van der Waals surface area contributed by atoms with Crippen LogP contribution >= 0.6 is 0 Å². The molecule has 0 unspecified atom stereocenters. The van der Waals surface area contributed by atoms with Gasteiger partial charge in [-0.25, -0.2) is 5.84 Å². The summed E-state index contributed by atoms with van der Waals surface area (Å²) < 4.78 is 4.64. The van der Waals surface area contributed by atoms with Crippen LogP contribution in [0.5, 0.6) is 0 Å². The van der Waals surface area contributed by atoms with Crippen LogP contribution in [-0.2, 0) is 9.53 Å². The van der Waals surface area contributed by atoms with E-state index in [0.29, 0.717) is 12.4 Å². The minimum absolute atomic E-state index is 0.296. The Labute approximate surface area is 89.6 Å². The van der Waals surface area contributed by atoms with E-state index < -0.39 is 5.41 Å². The van der Waals surface area contributed by atoms with Gasteiger partial charge in [0.1, 0.15) is 0 Å². The zero-order chi connectivity index (χ0) is 11.9. The van der Waals surface area contributed by atoms with Crippen molar-refractivity contribution in [1.82, 2.24) is 5.43 Å². The van der Waals surface area contributed by atoms with Crippen molar-refractivity contribution < 1.29 is 9.53 Å². The third kappa shape index (κ3) is 4.55. The summed E-state index contributed by atoms with van der Waals surface area (Å²) >= 11 is 0. The molecule has 0 heterocycles. The number of nitrogens with two attached hydrogens (primary N) is 1. The van der Waals surface area contributed by atoms with Gasteiger partial charge in [0.05, 0.1) is 25.3 Å². The zero-order valence-corrected chi connectivity index (χ0v) is 9.57. The summed E-state index contributed by atoms with van der Waals surface area (Å²) in [7, 11) is 2.95. The van der Waals surface area contributed by atoms with Crippen LogP contribution in [0, 0.1) is 5.41 Å². The molecule has 0 radical (unpaired) electrons. The van der Waals surface area contributed by atoms with Crippen molar-refractivity contribution in [2.75, 3.05) is 20.7 Å². The first-order valence-corrected chi connectivity index (χ1v) is 4.49. The average molecular weight is 214 g/mol. The molecule has 0 amide bonds. The molecule has 0 saturated heterocycles. The summed E-state index contributed by atoms with van der Waals surface area (Å²) in [6.45, 7) is 3.84. The number of nitrogens with zero attached hydrogens (tertiary/aromatic N) is 2. The second-order valence-corrected chi connectivity index (χ2v) is 3.60. The van der Waals surface area contributed by atoms with Crippen molar-refractivity contribution in [2.24, 2.45) is 21.2 Å². The lowest BCUT2D eigenvalue weighted by Gasteiger charge is -2.18. The highest BCUT2D eigenvalue weighted by molar-refractivity contribution is 6.29. The molecule has 6 nitrogen and oxygen atoms in total. The Morgan fingerprint density at radius 2 is 2.20 bits per heavy atom. The molecule has 0 bridgehead atoms. The Kier molecular flexibility index (Phi) is 5.54. The van der Waals surface area contributed by atoms with Crippen LogP contribution in [0.4, 0.5) is 0 Å². The first kappa shape index (κ1) is 13.6. The maximum absolute atomic E-state index is 11.3. The van der Waals surface area contributed by atoms with E-state index in [1.807, 2.05) is 0 Å². The highest BCUT2D eigenvalue weighted by Gasteiger charge is 2.27. The van der Waals surface area contributed by atoms with Gasteiger partial charge in [-0.2, -0.15) is 0 Å². The molecular weight excluding hydrogens is 196 g/mol. The molecule has 0 aromatic rings. The summed E-state index contributed by atoms with van der Waals surface area (Å²) in [5.41, 5.74) is 1.73. The Hall–Kier alpha value is -1.43. The van der Waals surface area contributed by atoms with Crippen molar-refractivity contribution in [3.8, 4) is 0 Å². The molecule has 6 heteroatoms. The first-order chi connectivity index (χ1) is 6.97. The monoisotopic (exact) mass is 214 g/mol. The number of hydrogen-bond donors (Lipinski definition) is 2. The molecule has 0 aliphatic carbocycles. The molecule has 3 N–H and O–H groups in total. The molecule has 0 aromatic heterocycles. The van der Waals surface area contributed by atoms with Gasteiger partial charge < -0.3 is 10.2 Å². The molecule has 0 saturated carbocycles. The number of nitrogens with one attached hydrogen (secondary N) is 1. The predicted octanol–water partition coefficient (Wildman–Crippen LogP) is -0.252. The van der Waals surface area contributed by atoms with Gasteiger partial charge in [-0.05, 0) is 13.8 Å². The third-order valence-corrected chi connectivity index (χ3v) is 1.83. The highest BCUT2D eigenvalue weighted by Crippen LogP contribution is 2.16. The number of rotatable bonds is 4. The van der Waals surface area contributed by atoms with Gasteiger partial charge in [-0.15, -0.1) is 0 Å². The normalized spacial score (nSPS) is 13.0. The Balaban J connectivity index is 4.31. The van der Waals surface area contributed by atoms with Crippen LogP contribution < -0.4 is 11.3 Å². The molecule has 0 atom stereocenters. The Morgan fingerprint density at radius 1 is 1.60 bits per heavy atom. The largest absolute Gasteiger partial charge is 0.469 e. The maximum Gasteiger partial charge on any atom is 0.313 e. The highest BCUT2D eigenvalue weighted by atomic mass is 16.5. The molecule has 0 fully saturated rings. The lowest BCUT2D eigenvalue weighted by atomic mass is 9.94. The predicted molar refractivity (Wildman–Crippen MR) is 59.8 cm³/mol. The maximum atomic E-state index is 11.3. The SMILES string of the molecule is CN=C(C=NCC(C)(C)C(=O)OC)NN. The second kappa shape index (κ2) is 6.13. The summed E-state index contributed by atoms with van der Waals surface area (Å²) in [4.78, 5) is 19.1. The smallest absolute Gasteiger partial charge is 0.313 e. The zero-order valence-electron chi connectivity index (χ0n) is 9.57. The van der Waals surface area contributed by atoms with Crippen molar-refractivity contribution in [3.05, 3.63) is 0 Å². The van der Waals surface area contributed by atoms with E-state index in [1.54, 1.807) is 20.9 Å². The van der Waals surface area contributed by atoms with Crippen LogP contribution in [0.1, 0.15) is 13.8 Å². The van der Waals surface area contributed by atoms with Gasteiger partial charge in [0.15, 0.2) is 5.84 Å². The summed E-state index contributed by atoms with van der Waals surface area (Å²) in [5, 5.41) is 0. The van der Waals surface area contributed by atoms with Gasteiger partial charge in [0.25, 0.3) is 0 Å². The standard InChI is InChI=1S/C9H18N4O2/c1-9(2,8(14)15-4)6-12-5-7(11-3)13-10/h5H,6,10H2,1-4H3,(H,11,13). The van der Waals surface area contributed by atoms with Crippen LogP contribution in [0.2, 0.25) is 0 Å². The molecule has 0 aliphatic rings. The lowest BCUT2D eigenvalue weighted by molar-refractivity contribution is -0.150. The molecule has 0 rings (SSSR count). The molecule has 15 heavy (non-hydrogen) atoms. The van der Waals surface area contributed by atoms with E-state index in [-0.39, 0.29) is 5.97 Å².